The number of aromatic nitrogens is 1. The van der Waals surface area contributed by atoms with E-state index in [-0.39, 0.29) is 5.69 Å². The molecule has 0 unspecified atom stereocenters. The number of hydrogen-bond donors (Lipinski definition) is 1. The molecule has 1 N–H and O–H groups in total. The maximum absolute atomic E-state index is 10.7. The van der Waals surface area contributed by atoms with Gasteiger partial charge in [0.05, 0.1) is 11.1 Å². The molecule has 106 valence electrons. The van der Waals surface area contributed by atoms with Crippen molar-refractivity contribution in [2.45, 2.75) is 19.8 Å². The van der Waals surface area contributed by atoms with Crippen LogP contribution in [0.5, 0.6) is 0 Å². The minimum Gasteiger partial charge on any atom is -0.441 e. The third-order valence-corrected chi connectivity index (χ3v) is 3.06. The van der Waals surface area contributed by atoms with E-state index in [1.807, 2.05) is 14.0 Å². The number of aryl methyl sites for hydroxylation is 2. The van der Waals surface area contributed by atoms with E-state index in [0.29, 0.717) is 11.7 Å². The normalized spacial score (nSPS) is 10.7. The lowest BCUT2D eigenvalue weighted by Gasteiger charge is -2.01. The van der Waals surface area contributed by atoms with Crippen LogP contribution in [-0.2, 0) is 6.42 Å². The van der Waals surface area contributed by atoms with Gasteiger partial charge < -0.3 is 9.73 Å². The highest BCUT2D eigenvalue weighted by molar-refractivity contribution is 5.63. The SMILES string of the molecule is CNCCCc1ncc(-c2ccc([N+](=O)[O-])cc2C)o1. The monoisotopic (exact) mass is 275 g/mol. The molecule has 0 fully saturated rings. The van der Waals surface area contributed by atoms with Gasteiger partial charge in [0.25, 0.3) is 5.69 Å². The first-order valence-corrected chi connectivity index (χ1v) is 6.46. The molecule has 0 saturated carbocycles. The van der Waals surface area contributed by atoms with Gasteiger partial charge in [-0.15, -0.1) is 0 Å². The van der Waals surface area contributed by atoms with Gasteiger partial charge in [0.1, 0.15) is 0 Å². The molecule has 0 aliphatic carbocycles. The molecular weight excluding hydrogens is 258 g/mol. The van der Waals surface area contributed by atoms with E-state index >= 15 is 0 Å². The van der Waals surface area contributed by atoms with Crippen LogP contribution in [0.4, 0.5) is 5.69 Å². The van der Waals surface area contributed by atoms with E-state index in [2.05, 4.69) is 10.3 Å². The van der Waals surface area contributed by atoms with Gasteiger partial charge >= 0.3 is 0 Å². The first-order chi connectivity index (χ1) is 9.61. The molecule has 0 spiro atoms. The summed E-state index contributed by atoms with van der Waals surface area (Å²) in [6.07, 6.45) is 3.39. The Hall–Kier alpha value is -2.21. The maximum atomic E-state index is 10.7. The molecule has 0 bridgehead atoms. The van der Waals surface area contributed by atoms with E-state index in [9.17, 15) is 10.1 Å². The summed E-state index contributed by atoms with van der Waals surface area (Å²) in [7, 11) is 1.90. The molecule has 1 aromatic heterocycles. The van der Waals surface area contributed by atoms with Crippen molar-refractivity contribution in [1.29, 1.82) is 0 Å². The Bertz CT molecular complexity index is 607. The second-order valence-electron chi connectivity index (χ2n) is 4.58. The van der Waals surface area contributed by atoms with E-state index < -0.39 is 4.92 Å². The average Bonchev–Trinajstić information content (AvgIpc) is 2.87. The topological polar surface area (TPSA) is 81.2 Å². The van der Waals surface area contributed by atoms with Gasteiger partial charge in [-0.2, -0.15) is 0 Å². The summed E-state index contributed by atoms with van der Waals surface area (Å²) in [5.74, 6) is 1.34. The largest absolute Gasteiger partial charge is 0.441 e. The predicted molar refractivity (Wildman–Crippen MR) is 75.6 cm³/mol. The molecule has 6 nitrogen and oxygen atoms in total. The van der Waals surface area contributed by atoms with Gasteiger partial charge in [-0.1, -0.05) is 0 Å². The summed E-state index contributed by atoms with van der Waals surface area (Å²) in [6, 6.07) is 4.72. The van der Waals surface area contributed by atoms with E-state index in [1.54, 1.807) is 18.3 Å². The molecule has 0 atom stereocenters. The minimum absolute atomic E-state index is 0.0833. The highest BCUT2D eigenvalue weighted by Gasteiger charge is 2.12. The van der Waals surface area contributed by atoms with Crippen molar-refractivity contribution in [3.63, 3.8) is 0 Å². The van der Waals surface area contributed by atoms with Crippen LogP contribution in [0.3, 0.4) is 0 Å². The number of oxazole rings is 1. The van der Waals surface area contributed by atoms with Gasteiger partial charge in [-0.25, -0.2) is 4.98 Å². The molecule has 2 rings (SSSR count). The second-order valence-corrected chi connectivity index (χ2v) is 4.58. The first-order valence-electron chi connectivity index (χ1n) is 6.46. The third-order valence-electron chi connectivity index (χ3n) is 3.06. The lowest BCUT2D eigenvalue weighted by Crippen LogP contribution is -2.08. The van der Waals surface area contributed by atoms with Crippen LogP contribution in [0.2, 0.25) is 0 Å². The smallest absolute Gasteiger partial charge is 0.269 e. The van der Waals surface area contributed by atoms with Gasteiger partial charge in [0.15, 0.2) is 11.7 Å². The fourth-order valence-electron chi connectivity index (χ4n) is 2.00. The highest BCUT2D eigenvalue weighted by atomic mass is 16.6. The Kier molecular flexibility index (Phi) is 4.47. The fraction of sp³-hybridized carbons (Fsp3) is 0.357. The fourth-order valence-corrected chi connectivity index (χ4v) is 2.00. The van der Waals surface area contributed by atoms with Crippen LogP contribution in [0.25, 0.3) is 11.3 Å². The van der Waals surface area contributed by atoms with Crippen LogP contribution >= 0.6 is 0 Å². The van der Waals surface area contributed by atoms with E-state index in [0.717, 1.165) is 30.5 Å². The molecular formula is C14H17N3O3. The Labute approximate surface area is 117 Å². The lowest BCUT2D eigenvalue weighted by molar-refractivity contribution is -0.384. The summed E-state index contributed by atoms with van der Waals surface area (Å²) in [5, 5.41) is 13.8. The number of benzene rings is 1. The molecule has 0 amide bonds. The number of nitrogens with one attached hydrogen (secondary N) is 1. The average molecular weight is 275 g/mol. The van der Waals surface area contributed by atoms with Crippen LogP contribution in [0.15, 0.2) is 28.8 Å². The number of nitro groups is 1. The minimum atomic E-state index is -0.402. The molecule has 1 aromatic carbocycles. The molecule has 0 aliphatic rings. The summed E-state index contributed by atoms with van der Waals surface area (Å²) in [4.78, 5) is 14.5. The zero-order chi connectivity index (χ0) is 14.5. The summed E-state index contributed by atoms with van der Waals surface area (Å²) >= 11 is 0. The number of nitrogens with zero attached hydrogens (tertiary/aromatic N) is 2. The molecule has 1 heterocycles. The van der Waals surface area contributed by atoms with Crippen molar-refractivity contribution in [2.75, 3.05) is 13.6 Å². The third kappa shape index (κ3) is 3.21. The van der Waals surface area contributed by atoms with Gasteiger partial charge in [0, 0.05) is 24.1 Å². The van der Waals surface area contributed by atoms with Crippen molar-refractivity contribution in [3.8, 4) is 11.3 Å². The second kappa shape index (κ2) is 6.29. The van der Waals surface area contributed by atoms with E-state index in [4.69, 9.17) is 4.42 Å². The quantitative estimate of drug-likeness (QED) is 0.498. The highest BCUT2D eigenvalue weighted by Crippen LogP contribution is 2.27. The summed E-state index contributed by atoms with van der Waals surface area (Å²) in [5.41, 5.74) is 1.72. The number of hydrogen-bond acceptors (Lipinski definition) is 5. The van der Waals surface area contributed by atoms with Gasteiger partial charge in [0.2, 0.25) is 0 Å². The zero-order valence-electron chi connectivity index (χ0n) is 11.5. The van der Waals surface area contributed by atoms with Crippen molar-refractivity contribution < 1.29 is 9.34 Å². The Balaban J connectivity index is 2.17. The Morgan fingerprint density at radius 2 is 2.25 bits per heavy atom. The van der Waals surface area contributed by atoms with Gasteiger partial charge in [-0.05, 0) is 38.6 Å². The number of nitro benzene ring substituents is 1. The summed E-state index contributed by atoms with van der Waals surface area (Å²) in [6.45, 7) is 2.74. The van der Waals surface area contributed by atoms with Crippen molar-refractivity contribution in [2.24, 2.45) is 0 Å². The number of rotatable bonds is 6. The van der Waals surface area contributed by atoms with Crippen molar-refractivity contribution >= 4 is 5.69 Å². The van der Waals surface area contributed by atoms with Gasteiger partial charge in [-0.3, -0.25) is 10.1 Å². The molecule has 6 heteroatoms. The molecule has 0 saturated heterocycles. The zero-order valence-corrected chi connectivity index (χ0v) is 11.5. The van der Waals surface area contributed by atoms with Crippen LogP contribution in [-0.4, -0.2) is 23.5 Å². The first kappa shape index (κ1) is 14.2. The van der Waals surface area contributed by atoms with Crippen molar-refractivity contribution in [1.82, 2.24) is 10.3 Å². The molecule has 2 aromatic rings. The molecule has 20 heavy (non-hydrogen) atoms. The Morgan fingerprint density at radius 3 is 2.90 bits per heavy atom. The van der Waals surface area contributed by atoms with Crippen LogP contribution in [0, 0.1) is 17.0 Å². The Morgan fingerprint density at radius 1 is 1.45 bits per heavy atom. The maximum Gasteiger partial charge on any atom is 0.269 e. The molecule has 0 radical (unpaired) electrons. The lowest BCUT2D eigenvalue weighted by atomic mass is 10.1. The standard InChI is InChI=1S/C14H17N3O3/c1-10-8-11(17(18)19)5-6-12(10)13-9-16-14(20-13)4-3-7-15-2/h5-6,8-9,15H,3-4,7H2,1-2H3. The van der Waals surface area contributed by atoms with Crippen molar-refractivity contribution in [3.05, 3.63) is 46.0 Å². The summed E-state index contributed by atoms with van der Waals surface area (Å²) < 4.78 is 5.69. The predicted octanol–water partition coefficient (Wildman–Crippen LogP) is 2.71. The van der Waals surface area contributed by atoms with Crippen LogP contribution < -0.4 is 5.32 Å². The van der Waals surface area contributed by atoms with Crippen LogP contribution in [0.1, 0.15) is 17.9 Å². The van der Waals surface area contributed by atoms with E-state index in [1.165, 1.54) is 6.07 Å². The number of non-ortho nitro benzene ring substituents is 1. The molecule has 0 aliphatic heterocycles.